The average molecular weight is 445 g/mol. The van der Waals surface area contributed by atoms with Crippen LogP contribution in [-0.4, -0.2) is 39.7 Å². The molecule has 0 unspecified atom stereocenters. The number of aromatic amines is 1. The summed E-state index contributed by atoms with van der Waals surface area (Å²) in [5, 5.41) is 7.95. The second-order valence-electron chi connectivity index (χ2n) is 8.88. The molecule has 6 nitrogen and oxygen atoms in total. The Morgan fingerprint density at radius 3 is 2.10 bits per heavy atom. The fourth-order valence-corrected chi connectivity index (χ4v) is 5.87. The standard InChI is InChI=1S/C21H37ClN4O2S/c1-5-6-7-8-9-10-11-12-13-14-15-29(27,28)16-21(3,4)20-23-19-18(22)17(2)24-26(19)25-20/h24H,5-16H2,1-4H3. The zero-order valence-corrected chi connectivity index (χ0v) is 20.0. The van der Waals surface area contributed by atoms with Gasteiger partial charge in [0.1, 0.15) is 5.02 Å². The Morgan fingerprint density at radius 1 is 1.00 bits per heavy atom. The third-order valence-corrected chi connectivity index (χ3v) is 7.93. The topological polar surface area (TPSA) is 80.1 Å². The highest BCUT2D eigenvalue weighted by Gasteiger charge is 2.32. The monoisotopic (exact) mass is 444 g/mol. The van der Waals surface area contributed by atoms with Crippen LogP contribution in [0, 0.1) is 6.92 Å². The molecule has 0 saturated carbocycles. The molecule has 0 aliphatic carbocycles. The molecule has 166 valence electrons. The fourth-order valence-electron chi connectivity index (χ4n) is 3.69. The van der Waals surface area contributed by atoms with Gasteiger partial charge >= 0.3 is 0 Å². The second-order valence-corrected chi connectivity index (χ2v) is 11.4. The number of halogens is 1. The van der Waals surface area contributed by atoms with E-state index in [4.69, 9.17) is 11.6 Å². The van der Waals surface area contributed by atoms with Crippen LogP contribution >= 0.6 is 11.6 Å². The maximum absolute atomic E-state index is 12.6. The fraction of sp³-hybridized carbons (Fsp3) is 0.810. The molecule has 0 radical (unpaired) electrons. The number of fused-ring (bicyclic) bond motifs is 1. The van der Waals surface area contributed by atoms with Crippen molar-refractivity contribution in [3.8, 4) is 0 Å². The summed E-state index contributed by atoms with van der Waals surface area (Å²) in [5.74, 6) is 0.775. The van der Waals surface area contributed by atoms with Crippen molar-refractivity contribution in [2.45, 2.75) is 97.3 Å². The van der Waals surface area contributed by atoms with Crippen molar-refractivity contribution in [1.29, 1.82) is 0 Å². The van der Waals surface area contributed by atoms with E-state index in [-0.39, 0.29) is 11.5 Å². The van der Waals surface area contributed by atoms with Crippen LogP contribution in [0.15, 0.2) is 0 Å². The lowest BCUT2D eigenvalue weighted by Gasteiger charge is -2.20. The van der Waals surface area contributed by atoms with E-state index in [1.807, 2.05) is 20.8 Å². The molecule has 0 aliphatic rings. The second kappa shape index (κ2) is 10.8. The third-order valence-electron chi connectivity index (χ3n) is 5.40. The predicted octanol–water partition coefficient (Wildman–Crippen LogP) is 5.63. The molecule has 2 heterocycles. The lowest BCUT2D eigenvalue weighted by Crippen LogP contribution is -2.31. The maximum atomic E-state index is 12.6. The summed E-state index contributed by atoms with van der Waals surface area (Å²) in [5.41, 5.74) is 0.667. The van der Waals surface area contributed by atoms with Crippen molar-refractivity contribution in [3.05, 3.63) is 16.5 Å². The summed E-state index contributed by atoms with van der Waals surface area (Å²) in [6.07, 6.45) is 11.9. The molecule has 0 aromatic carbocycles. The average Bonchev–Trinajstić information content (AvgIpc) is 3.16. The molecule has 0 bridgehead atoms. The first-order chi connectivity index (χ1) is 13.7. The SMILES string of the molecule is CCCCCCCCCCCCS(=O)(=O)CC(C)(C)c1nc2c(Cl)c(C)[nH]n2n1. The summed E-state index contributed by atoms with van der Waals surface area (Å²) < 4.78 is 26.8. The van der Waals surface area contributed by atoms with Gasteiger partial charge in [0.15, 0.2) is 21.3 Å². The minimum absolute atomic E-state index is 0.0429. The molecule has 2 aromatic rings. The van der Waals surface area contributed by atoms with E-state index in [0.29, 0.717) is 16.5 Å². The number of nitrogens with zero attached hydrogens (tertiary/aromatic N) is 3. The number of aryl methyl sites for hydroxylation is 1. The van der Waals surface area contributed by atoms with Crippen molar-refractivity contribution in [3.63, 3.8) is 0 Å². The van der Waals surface area contributed by atoms with Crippen LogP contribution in [0.4, 0.5) is 0 Å². The van der Waals surface area contributed by atoms with Crippen LogP contribution in [0.1, 0.15) is 96.5 Å². The third kappa shape index (κ3) is 7.28. The number of unbranched alkanes of at least 4 members (excludes halogenated alkanes) is 9. The van der Waals surface area contributed by atoms with E-state index in [9.17, 15) is 8.42 Å². The van der Waals surface area contributed by atoms with Crippen LogP contribution < -0.4 is 0 Å². The summed E-state index contributed by atoms with van der Waals surface area (Å²) >= 11 is 6.22. The van der Waals surface area contributed by atoms with Crippen LogP contribution in [0.25, 0.3) is 5.65 Å². The number of aromatic nitrogens is 4. The van der Waals surface area contributed by atoms with Crippen molar-refractivity contribution >= 4 is 27.1 Å². The van der Waals surface area contributed by atoms with Gasteiger partial charge in [-0.05, 0) is 13.3 Å². The Balaban J connectivity index is 1.74. The lowest BCUT2D eigenvalue weighted by molar-refractivity contribution is 0.517. The molecule has 0 atom stereocenters. The Labute approximate surface area is 180 Å². The van der Waals surface area contributed by atoms with Gasteiger partial charge in [-0.2, -0.15) is 4.63 Å². The van der Waals surface area contributed by atoms with Crippen molar-refractivity contribution in [2.75, 3.05) is 11.5 Å². The summed E-state index contributed by atoms with van der Waals surface area (Å²) in [6, 6.07) is 0. The Hall–Kier alpha value is -1.08. The zero-order chi connectivity index (χ0) is 21.5. The van der Waals surface area contributed by atoms with Gasteiger partial charge in [-0.15, -0.1) is 5.10 Å². The van der Waals surface area contributed by atoms with Crippen LogP contribution in [0.3, 0.4) is 0 Å². The Kier molecular flexibility index (Phi) is 9.01. The molecule has 2 aromatic heterocycles. The highest BCUT2D eigenvalue weighted by atomic mass is 35.5. The first-order valence-corrected chi connectivity index (χ1v) is 13.2. The number of H-pyrrole nitrogens is 1. The quantitative estimate of drug-likeness (QED) is 0.382. The van der Waals surface area contributed by atoms with Gasteiger partial charge in [0.05, 0.1) is 17.2 Å². The molecular weight excluding hydrogens is 408 g/mol. The number of rotatable bonds is 14. The molecule has 2 rings (SSSR count). The zero-order valence-electron chi connectivity index (χ0n) is 18.4. The molecular formula is C21H37ClN4O2S. The Morgan fingerprint density at radius 2 is 1.55 bits per heavy atom. The highest BCUT2D eigenvalue weighted by Crippen LogP contribution is 2.26. The largest absolute Gasteiger partial charge is 0.279 e. The maximum Gasteiger partial charge on any atom is 0.194 e. The predicted molar refractivity (Wildman–Crippen MR) is 121 cm³/mol. The summed E-state index contributed by atoms with van der Waals surface area (Å²) in [4.78, 5) is 4.47. The molecule has 0 saturated heterocycles. The highest BCUT2D eigenvalue weighted by molar-refractivity contribution is 7.91. The molecule has 0 amide bonds. The number of hydrogen-bond acceptors (Lipinski definition) is 4. The van der Waals surface area contributed by atoms with Gasteiger partial charge in [-0.1, -0.05) is 90.2 Å². The minimum atomic E-state index is -3.17. The lowest BCUT2D eigenvalue weighted by atomic mass is 9.96. The molecule has 0 aliphatic heterocycles. The number of hydrogen-bond donors (Lipinski definition) is 1. The smallest absolute Gasteiger partial charge is 0.194 e. The molecule has 1 N–H and O–H groups in total. The van der Waals surface area contributed by atoms with Crippen molar-refractivity contribution in [1.82, 2.24) is 19.8 Å². The van der Waals surface area contributed by atoms with Crippen molar-refractivity contribution < 1.29 is 8.42 Å². The van der Waals surface area contributed by atoms with Gasteiger partial charge in [0.25, 0.3) is 0 Å². The molecule has 29 heavy (non-hydrogen) atoms. The number of sulfone groups is 1. The van der Waals surface area contributed by atoms with Gasteiger partial charge in [0, 0.05) is 5.41 Å². The van der Waals surface area contributed by atoms with E-state index in [1.54, 1.807) is 0 Å². The normalized spacial score (nSPS) is 12.9. The van der Waals surface area contributed by atoms with E-state index in [2.05, 4.69) is 22.1 Å². The summed E-state index contributed by atoms with van der Waals surface area (Å²) in [6.45, 7) is 7.83. The summed E-state index contributed by atoms with van der Waals surface area (Å²) in [7, 11) is -3.17. The van der Waals surface area contributed by atoms with E-state index in [1.165, 1.54) is 49.6 Å². The van der Waals surface area contributed by atoms with E-state index < -0.39 is 15.3 Å². The van der Waals surface area contributed by atoms with Crippen LogP contribution in [0.5, 0.6) is 0 Å². The first-order valence-electron chi connectivity index (χ1n) is 11.0. The van der Waals surface area contributed by atoms with E-state index in [0.717, 1.165) is 25.0 Å². The number of nitrogens with one attached hydrogen (secondary N) is 1. The van der Waals surface area contributed by atoms with Crippen molar-refractivity contribution in [2.24, 2.45) is 0 Å². The van der Waals surface area contributed by atoms with Gasteiger partial charge < -0.3 is 0 Å². The Bertz CT molecular complexity index is 871. The van der Waals surface area contributed by atoms with Gasteiger partial charge in [-0.3, -0.25) is 5.10 Å². The van der Waals surface area contributed by atoms with Crippen LogP contribution in [-0.2, 0) is 15.3 Å². The van der Waals surface area contributed by atoms with Gasteiger partial charge in [0.2, 0.25) is 0 Å². The molecule has 8 heteroatoms. The molecule has 0 spiro atoms. The van der Waals surface area contributed by atoms with E-state index >= 15 is 0 Å². The van der Waals surface area contributed by atoms with Gasteiger partial charge in [-0.25, -0.2) is 13.4 Å². The minimum Gasteiger partial charge on any atom is -0.279 e. The first kappa shape index (κ1) is 24.2. The molecule has 0 fully saturated rings. The van der Waals surface area contributed by atoms with Crippen LogP contribution in [0.2, 0.25) is 5.02 Å².